The first-order valence-electron chi connectivity index (χ1n) is 4.77. The highest BCUT2D eigenvalue weighted by Gasteiger charge is 2.11. The van der Waals surface area contributed by atoms with Gasteiger partial charge in [-0.3, -0.25) is 4.98 Å². The summed E-state index contributed by atoms with van der Waals surface area (Å²) in [7, 11) is 0. The molecule has 0 amide bonds. The zero-order valence-electron chi connectivity index (χ0n) is 8.91. The number of nitrogens with zero attached hydrogens (tertiary/aromatic N) is 3. The van der Waals surface area contributed by atoms with E-state index in [0.717, 1.165) is 24.8 Å². The number of anilines is 1. The Morgan fingerprint density at radius 3 is 2.59 bits per heavy atom. The monoisotopic (exact) mass is 422 g/mol. The summed E-state index contributed by atoms with van der Waals surface area (Å²) in [6, 6.07) is 1.95. The van der Waals surface area contributed by atoms with Gasteiger partial charge in [0.1, 0.15) is 5.82 Å². The Kier molecular flexibility index (Phi) is 3.89. The largest absolute Gasteiger partial charge is 0.383 e. The number of aromatic nitrogens is 3. The van der Waals surface area contributed by atoms with Gasteiger partial charge >= 0.3 is 0 Å². The second kappa shape index (κ2) is 5.07. The maximum atomic E-state index is 5.93. The first-order valence-corrected chi connectivity index (χ1v) is 7.15. The molecule has 0 atom stereocenters. The number of pyridine rings is 1. The smallest absolute Gasteiger partial charge is 0.136 e. The summed E-state index contributed by atoms with van der Waals surface area (Å²) in [6.45, 7) is 2.44. The Balaban J connectivity index is 2.34. The van der Waals surface area contributed by atoms with Crippen LogP contribution in [0.2, 0.25) is 0 Å². The molecule has 0 radical (unpaired) electrons. The van der Waals surface area contributed by atoms with Crippen molar-refractivity contribution < 1.29 is 0 Å². The fraction of sp³-hybridized carbons (Fsp3) is 0.200. The molecule has 0 bridgehead atoms. The van der Waals surface area contributed by atoms with E-state index in [1.165, 1.54) is 0 Å². The number of nitrogens with two attached hydrogens (primary N) is 1. The molecule has 90 valence electrons. The summed E-state index contributed by atoms with van der Waals surface area (Å²) >= 11 is 10.2. The summed E-state index contributed by atoms with van der Waals surface area (Å²) in [4.78, 5) is 4.33. The Hall–Kier alpha value is -0.400. The Bertz CT molecular complexity index is 565. The van der Waals surface area contributed by atoms with Crippen molar-refractivity contribution in [2.24, 2.45) is 0 Å². The molecule has 0 unspecified atom stereocenters. The lowest BCUT2D eigenvalue weighted by molar-refractivity contribution is 0.673. The number of halogens is 3. The van der Waals surface area contributed by atoms with E-state index in [4.69, 9.17) is 5.73 Å². The fourth-order valence-corrected chi connectivity index (χ4v) is 2.80. The molecule has 0 saturated heterocycles. The van der Waals surface area contributed by atoms with Gasteiger partial charge in [0.05, 0.1) is 22.4 Å². The van der Waals surface area contributed by atoms with Crippen molar-refractivity contribution in [1.82, 2.24) is 14.8 Å². The molecule has 2 heterocycles. The molecule has 0 aliphatic carbocycles. The molecule has 0 aliphatic heterocycles. The van der Waals surface area contributed by atoms with Crippen molar-refractivity contribution >= 4 is 53.6 Å². The van der Waals surface area contributed by atoms with Gasteiger partial charge < -0.3 is 5.73 Å². The van der Waals surface area contributed by atoms with Crippen molar-refractivity contribution in [1.29, 1.82) is 0 Å². The quantitative estimate of drug-likeness (QED) is 0.802. The third kappa shape index (κ3) is 2.71. The normalized spacial score (nSPS) is 10.8. The third-order valence-electron chi connectivity index (χ3n) is 2.27. The van der Waals surface area contributed by atoms with Crippen molar-refractivity contribution in [3.05, 3.63) is 37.1 Å². The van der Waals surface area contributed by atoms with Gasteiger partial charge in [-0.25, -0.2) is 4.68 Å². The van der Waals surface area contributed by atoms with Crippen LogP contribution in [-0.2, 0) is 6.54 Å². The van der Waals surface area contributed by atoms with E-state index in [9.17, 15) is 0 Å². The van der Waals surface area contributed by atoms with Crippen LogP contribution >= 0.6 is 47.8 Å². The standard InChI is InChI=1S/C10H9Br3N4/c1-5-9(13)10(14)17(16-5)4-8-7(12)2-6(11)3-15-8/h2-3H,4,14H2,1H3. The van der Waals surface area contributed by atoms with Crippen LogP contribution in [0.5, 0.6) is 0 Å². The SMILES string of the molecule is Cc1nn(Cc2ncc(Br)cc2Br)c(N)c1Br. The Morgan fingerprint density at radius 1 is 1.35 bits per heavy atom. The van der Waals surface area contributed by atoms with E-state index >= 15 is 0 Å². The van der Waals surface area contributed by atoms with Crippen LogP contribution in [0, 0.1) is 6.92 Å². The van der Waals surface area contributed by atoms with Crippen molar-refractivity contribution in [2.45, 2.75) is 13.5 Å². The summed E-state index contributed by atoms with van der Waals surface area (Å²) in [5, 5.41) is 4.34. The van der Waals surface area contributed by atoms with Gasteiger partial charge in [0, 0.05) is 15.1 Å². The summed E-state index contributed by atoms with van der Waals surface area (Å²) in [5.74, 6) is 0.610. The van der Waals surface area contributed by atoms with Crippen molar-refractivity contribution in [2.75, 3.05) is 5.73 Å². The number of hydrogen-bond donors (Lipinski definition) is 1. The van der Waals surface area contributed by atoms with Gasteiger partial charge in [-0.1, -0.05) is 0 Å². The van der Waals surface area contributed by atoms with Gasteiger partial charge in [0.15, 0.2) is 0 Å². The molecule has 2 aromatic rings. The van der Waals surface area contributed by atoms with Gasteiger partial charge in [0.25, 0.3) is 0 Å². The van der Waals surface area contributed by atoms with Crippen LogP contribution in [0.1, 0.15) is 11.4 Å². The molecule has 4 nitrogen and oxygen atoms in total. The van der Waals surface area contributed by atoms with E-state index in [1.807, 2.05) is 13.0 Å². The van der Waals surface area contributed by atoms with Crippen molar-refractivity contribution in [3.63, 3.8) is 0 Å². The maximum absolute atomic E-state index is 5.93. The minimum absolute atomic E-state index is 0.534. The number of aryl methyl sites for hydroxylation is 1. The molecule has 2 aromatic heterocycles. The first kappa shape index (κ1) is 13.0. The minimum Gasteiger partial charge on any atom is -0.383 e. The van der Waals surface area contributed by atoms with E-state index in [1.54, 1.807) is 10.9 Å². The maximum Gasteiger partial charge on any atom is 0.136 e. The zero-order chi connectivity index (χ0) is 12.6. The average Bonchev–Trinajstić information content (AvgIpc) is 2.50. The molecule has 0 saturated carbocycles. The Labute approximate surface area is 124 Å². The number of hydrogen-bond acceptors (Lipinski definition) is 3. The zero-order valence-corrected chi connectivity index (χ0v) is 13.7. The molecule has 0 aromatic carbocycles. The molecule has 7 heteroatoms. The van der Waals surface area contributed by atoms with Crippen LogP contribution in [0.15, 0.2) is 25.7 Å². The van der Waals surface area contributed by atoms with Gasteiger partial charge in [-0.2, -0.15) is 5.10 Å². The molecular formula is C10H9Br3N4. The van der Waals surface area contributed by atoms with Gasteiger partial charge in [-0.15, -0.1) is 0 Å². The molecular weight excluding hydrogens is 416 g/mol. The topological polar surface area (TPSA) is 56.7 Å². The highest BCUT2D eigenvalue weighted by Crippen LogP contribution is 2.25. The predicted octanol–water partition coefficient (Wildman–Crippen LogP) is 3.50. The number of nitrogen functional groups attached to an aromatic ring is 1. The second-order valence-electron chi connectivity index (χ2n) is 3.52. The highest BCUT2D eigenvalue weighted by atomic mass is 79.9. The van der Waals surface area contributed by atoms with Crippen LogP contribution < -0.4 is 5.73 Å². The van der Waals surface area contributed by atoms with E-state index in [0.29, 0.717) is 12.4 Å². The lowest BCUT2D eigenvalue weighted by atomic mass is 10.3. The van der Waals surface area contributed by atoms with Crippen molar-refractivity contribution in [3.8, 4) is 0 Å². The third-order valence-corrected chi connectivity index (χ3v) is 4.38. The van der Waals surface area contributed by atoms with E-state index in [2.05, 4.69) is 57.9 Å². The van der Waals surface area contributed by atoms with Crippen LogP contribution in [-0.4, -0.2) is 14.8 Å². The predicted molar refractivity (Wildman–Crippen MR) is 77.8 cm³/mol. The molecule has 0 aliphatic rings. The molecule has 0 spiro atoms. The molecule has 2 rings (SSSR count). The summed E-state index contributed by atoms with van der Waals surface area (Å²) < 4.78 is 4.42. The first-order chi connectivity index (χ1) is 7.99. The van der Waals surface area contributed by atoms with Crippen LogP contribution in [0.25, 0.3) is 0 Å². The lowest BCUT2D eigenvalue weighted by Crippen LogP contribution is -2.08. The lowest BCUT2D eigenvalue weighted by Gasteiger charge is -2.06. The Morgan fingerprint density at radius 2 is 2.06 bits per heavy atom. The number of rotatable bonds is 2. The molecule has 2 N–H and O–H groups in total. The van der Waals surface area contributed by atoms with Gasteiger partial charge in [-0.05, 0) is 60.8 Å². The van der Waals surface area contributed by atoms with E-state index < -0.39 is 0 Å². The van der Waals surface area contributed by atoms with Crippen LogP contribution in [0.3, 0.4) is 0 Å². The summed E-state index contributed by atoms with van der Waals surface area (Å²) in [6.07, 6.45) is 1.75. The van der Waals surface area contributed by atoms with Crippen LogP contribution in [0.4, 0.5) is 5.82 Å². The highest BCUT2D eigenvalue weighted by molar-refractivity contribution is 9.11. The second-order valence-corrected chi connectivity index (χ2v) is 6.09. The fourth-order valence-electron chi connectivity index (χ4n) is 1.40. The summed E-state index contributed by atoms with van der Waals surface area (Å²) in [5.41, 5.74) is 7.69. The average molecular weight is 425 g/mol. The van der Waals surface area contributed by atoms with E-state index in [-0.39, 0.29) is 0 Å². The molecule has 0 fully saturated rings. The van der Waals surface area contributed by atoms with Gasteiger partial charge in [0.2, 0.25) is 0 Å². The minimum atomic E-state index is 0.534. The molecule has 17 heavy (non-hydrogen) atoms.